The van der Waals surface area contributed by atoms with Crippen molar-refractivity contribution in [1.29, 1.82) is 0 Å². The van der Waals surface area contributed by atoms with Gasteiger partial charge in [0.05, 0.1) is 44.5 Å². The van der Waals surface area contributed by atoms with Crippen molar-refractivity contribution in [3.63, 3.8) is 0 Å². The van der Waals surface area contributed by atoms with E-state index in [1.165, 1.54) is 6.26 Å². The van der Waals surface area contributed by atoms with E-state index in [1.807, 2.05) is 61.5 Å². The molecule has 6 rings (SSSR count). The zero-order valence-electron chi connectivity index (χ0n) is 40.2. The normalized spacial score (nSPS) is 13.8. The molecule has 1 unspecified atom stereocenters. The van der Waals surface area contributed by atoms with Crippen LogP contribution in [-0.4, -0.2) is 38.0 Å². The standard InChI is InChI=1S/C32H12BF24.C19H20NO2S/c34-25(35,36)13-1-14(26(37,38)39)6-21(5-13)33(22-7-15(27(40,41)42)2-16(8-22)28(43,44)45,23-9-17(29(46,47)48)3-18(10-23)30(49,50)51)24-11-19(31(52,53)54)4-20(12-24)32(55,56)57;1-20(2)18-11-9-17(10-12-18)19(21)15-23(3,22)14-13-16-7-5-4-6-8-16/h1-12H;4-12H,15H2,1-3H3/q-1;+1. The molecule has 0 bridgehead atoms. The summed E-state index contributed by atoms with van der Waals surface area (Å²) >= 11 is 0. The largest absolute Gasteiger partial charge is 0.416 e. The van der Waals surface area contributed by atoms with Gasteiger partial charge in [0.1, 0.15) is 12.4 Å². The monoisotopic (exact) mass is 1190 g/mol. The number of halogens is 24. The van der Waals surface area contributed by atoms with Crippen LogP contribution in [0.15, 0.2) is 127 Å². The van der Waals surface area contributed by atoms with E-state index >= 15 is 0 Å². The van der Waals surface area contributed by atoms with Crippen LogP contribution in [0, 0.1) is 11.2 Å². The maximum Gasteiger partial charge on any atom is 0.416 e. The third kappa shape index (κ3) is 15.4. The molecule has 0 radical (unpaired) electrons. The summed E-state index contributed by atoms with van der Waals surface area (Å²) in [5.41, 5.74) is -27.8. The maximum absolute atomic E-state index is 14.2. The van der Waals surface area contributed by atoms with Crippen molar-refractivity contribution in [3.05, 3.63) is 183 Å². The number of alkyl halides is 24. The number of rotatable bonds is 8. The molecule has 0 aliphatic heterocycles. The van der Waals surface area contributed by atoms with Gasteiger partial charge < -0.3 is 4.90 Å². The Balaban J connectivity index is 0.000000424. The van der Waals surface area contributed by atoms with E-state index in [1.54, 1.807) is 12.1 Å². The lowest BCUT2D eigenvalue weighted by Gasteiger charge is -2.46. The average molecular weight is 1190 g/mol. The second-order valence-corrected chi connectivity index (χ2v) is 20.3. The Labute approximate surface area is 437 Å². The van der Waals surface area contributed by atoms with Crippen LogP contribution in [-0.2, 0) is 63.6 Å². The molecular weight excluding hydrogens is 1160 g/mol. The first-order valence-electron chi connectivity index (χ1n) is 21.8. The zero-order valence-corrected chi connectivity index (χ0v) is 41.0. The minimum absolute atomic E-state index is 0.0614. The van der Waals surface area contributed by atoms with Crippen LogP contribution in [0.1, 0.15) is 60.4 Å². The van der Waals surface area contributed by atoms with E-state index in [4.69, 9.17) is 0 Å². The van der Waals surface area contributed by atoms with Gasteiger partial charge in [-0.25, -0.2) is 0 Å². The van der Waals surface area contributed by atoms with Crippen LogP contribution in [0.3, 0.4) is 0 Å². The Bertz CT molecular complexity index is 2900. The molecule has 80 heavy (non-hydrogen) atoms. The van der Waals surface area contributed by atoms with Gasteiger partial charge >= 0.3 is 49.4 Å². The molecule has 29 heteroatoms. The number of carbonyl (C=O) groups excluding carboxylic acids is 1. The number of ketones is 1. The van der Waals surface area contributed by atoms with Gasteiger partial charge in [-0.05, 0) is 66.6 Å². The summed E-state index contributed by atoms with van der Waals surface area (Å²) in [5.74, 6) is 2.67. The number of hydrogen-bond donors (Lipinski definition) is 0. The minimum atomic E-state index is -6.13. The van der Waals surface area contributed by atoms with Gasteiger partial charge in [-0.3, -0.25) is 4.79 Å². The fourth-order valence-corrected chi connectivity index (χ4v) is 9.15. The molecule has 3 nitrogen and oxygen atoms in total. The second-order valence-electron chi connectivity index (χ2n) is 17.8. The third-order valence-electron chi connectivity index (χ3n) is 11.7. The molecule has 0 heterocycles. The summed E-state index contributed by atoms with van der Waals surface area (Å²) in [5, 5.41) is 2.75. The first kappa shape index (κ1) is 63.7. The highest BCUT2D eigenvalue weighted by molar-refractivity contribution is 8.07. The SMILES string of the molecule is CN(C)c1ccc(C(=O)C[S+](C)(=O)C#Cc2ccccc2)cc1.FC(F)(F)c1cc([B-](c2cc(C(F)(F)F)cc(C(F)(F)F)c2)(c2cc(C(F)(F)F)cc(C(F)(F)F)c2)c2cc(C(F)(F)F)cc(C(F)(F)F)c2)cc(C(F)(F)F)c1. The summed E-state index contributed by atoms with van der Waals surface area (Å²) < 4.78 is 353. The fraction of sp³-hybridized carbons (Fsp3) is 0.235. The van der Waals surface area contributed by atoms with E-state index in [0.29, 0.717) is 5.56 Å². The summed E-state index contributed by atoms with van der Waals surface area (Å²) in [6.45, 7) is 0. The number of anilines is 1. The van der Waals surface area contributed by atoms with Crippen molar-refractivity contribution in [2.24, 2.45) is 0 Å². The lowest BCUT2D eigenvalue weighted by molar-refractivity contribution is -0.144. The quantitative estimate of drug-likeness (QED) is 0.0501. The predicted octanol–water partition coefficient (Wildman–Crippen LogP) is 14.3. The summed E-state index contributed by atoms with van der Waals surface area (Å²) in [6, 6.07) is 7.81. The van der Waals surface area contributed by atoms with Crippen LogP contribution >= 0.6 is 0 Å². The van der Waals surface area contributed by atoms with Crippen molar-refractivity contribution >= 4 is 49.4 Å². The molecule has 0 saturated carbocycles. The Morgan fingerprint density at radius 1 is 0.412 bits per heavy atom. The van der Waals surface area contributed by atoms with Gasteiger partial charge in [0.25, 0.3) is 0 Å². The highest BCUT2D eigenvalue weighted by Crippen LogP contribution is 2.41. The highest BCUT2D eigenvalue weighted by Gasteiger charge is 2.47. The first-order valence-corrected chi connectivity index (χ1v) is 24.0. The molecule has 1 atom stereocenters. The molecule has 0 N–H and O–H groups in total. The third-order valence-corrected chi connectivity index (χ3v) is 13.1. The van der Waals surface area contributed by atoms with Crippen molar-refractivity contribution in [2.45, 2.75) is 49.4 Å². The van der Waals surface area contributed by atoms with Crippen LogP contribution in [0.25, 0.3) is 0 Å². The molecule has 0 amide bonds. The zero-order chi connectivity index (χ0) is 60.8. The van der Waals surface area contributed by atoms with Gasteiger partial charge in [-0.15, -0.1) is 0 Å². The second kappa shape index (κ2) is 22.1. The first-order chi connectivity index (χ1) is 36.1. The van der Waals surface area contributed by atoms with Crippen molar-refractivity contribution in [2.75, 3.05) is 31.0 Å². The van der Waals surface area contributed by atoms with E-state index in [9.17, 15) is 114 Å². The van der Waals surface area contributed by atoms with E-state index in [-0.39, 0.29) is 11.5 Å². The molecular formula is C51H32BF24NO2S. The van der Waals surface area contributed by atoms with Crippen molar-refractivity contribution in [3.8, 4) is 11.2 Å². The Morgan fingerprint density at radius 2 is 0.662 bits per heavy atom. The van der Waals surface area contributed by atoms with Crippen molar-refractivity contribution in [1.82, 2.24) is 0 Å². The summed E-state index contributed by atoms with van der Waals surface area (Å²) in [6.07, 6.45) is -53.3. The minimum Gasteiger partial charge on any atom is -0.378 e. The summed E-state index contributed by atoms with van der Waals surface area (Å²) in [4.78, 5) is 14.3. The molecule has 0 spiro atoms. The molecule has 0 aliphatic carbocycles. The summed E-state index contributed by atoms with van der Waals surface area (Å²) in [7, 11) is 1.35. The lowest BCUT2D eigenvalue weighted by Crippen LogP contribution is -2.75. The number of carbonyl (C=O) groups is 1. The number of nitrogens with zero attached hydrogens (tertiary/aromatic N) is 1. The predicted molar refractivity (Wildman–Crippen MR) is 247 cm³/mol. The average Bonchev–Trinajstić information content (AvgIpc) is 3.31. The van der Waals surface area contributed by atoms with Crippen LogP contribution in [0.2, 0.25) is 0 Å². The van der Waals surface area contributed by atoms with E-state index in [0.717, 1.165) is 11.3 Å². The van der Waals surface area contributed by atoms with Crippen LogP contribution in [0.4, 0.5) is 111 Å². The van der Waals surface area contributed by atoms with E-state index in [2.05, 4.69) is 11.2 Å². The van der Waals surface area contributed by atoms with Crippen molar-refractivity contribution < 1.29 is 114 Å². The Morgan fingerprint density at radius 3 is 0.887 bits per heavy atom. The van der Waals surface area contributed by atoms with Gasteiger partial charge in [-0.1, -0.05) is 70.9 Å². The highest BCUT2D eigenvalue weighted by atomic mass is 32.2. The molecule has 6 aromatic rings. The Kier molecular flexibility index (Phi) is 17.6. The van der Waals surface area contributed by atoms with Gasteiger partial charge in [0.15, 0.2) is 20.9 Å². The number of hydrogen-bond acceptors (Lipinski definition) is 3. The topological polar surface area (TPSA) is 37.4 Å². The molecule has 6 aromatic carbocycles. The number of Topliss-reactive ketones (excluding diaryl/α,β-unsaturated/α-hetero) is 1. The van der Waals surface area contributed by atoms with Gasteiger partial charge in [0, 0.05) is 30.9 Å². The lowest BCUT2D eigenvalue weighted by atomic mass is 9.12. The molecule has 0 saturated heterocycles. The van der Waals surface area contributed by atoms with Gasteiger partial charge in [0.2, 0.25) is 5.78 Å². The molecule has 0 fully saturated rings. The molecule has 0 aliphatic rings. The smallest absolute Gasteiger partial charge is 0.378 e. The number of benzene rings is 6. The Hall–Kier alpha value is -7.12. The molecule has 0 aromatic heterocycles. The fourth-order valence-electron chi connectivity index (χ4n) is 8.07. The molecule has 430 valence electrons. The van der Waals surface area contributed by atoms with E-state index < -0.39 is 205 Å². The maximum atomic E-state index is 14.2. The van der Waals surface area contributed by atoms with Crippen LogP contribution in [0.5, 0.6) is 0 Å². The van der Waals surface area contributed by atoms with Crippen LogP contribution < -0.4 is 26.8 Å². The van der Waals surface area contributed by atoms with Gasteiger partial charge in [-0.2, -0.15) is 127 Å².